The lowest BCUT2D eigenvalue weighted by atomic mass is 9.50. The van der Waals surface area contributed by atoms with Crippen LogP contribution in [0.1, 0.15) is 58.8 Å². The SMILES string of the molecule is C=CC(=O)OC(CCC)C(=O)OC1(C)C2CC3CC(C2)CC1C3. The molecule has 4 fully saturated rings. The van der Waals surface area contributed by atoms with Gasteiger partial charge in [0.05, 0.1) is 0 Å². The smallest absolute Gasteiger partial charge is 0.348 e. The second-order valence-corrected chi connectivity index (χ2v) is 7.83. The molecule has 4 bridgehead atoms. The summed E-state index contributed by atoms with van der Waals surface area (Å²) in [6.45, 7) is 7.47. The molecule has 4 heteroatoms. The summed E-state index contributed by atoms with van der Waals surface area (Å²) < 4.78 is 11.2. The number of esters is 2. The maximum Gasteiger partial charge on any atom is 0.348 e. The zero-order valence-electron chi connectivity index (χ0n) is 14.3. The Bertz CT molecular complexity index is 468. The highest BCUT2D eigenvalue weighted by molar-refractivity contribution is 5.85. The Morgan fingerprint density at radius 3 is 2.22 bits per heavy atom. The van der Waals surface area contributed by atoms with Crippen molar-refractivity contribution in [3.8, 4) is 0 Å². The van der Waals surface area contributed by atoms with E-state index < -0.39 is 12.1 Å². The van der Waals surface area contributed by atoms with Crippen LogP contribution in [0.5, 0.6) is 0 Å². The van der Waals surface area contributed by atoms with Crippen LogP contribution in [0.15, 0.2) is 12.7 Å². The maximum absolute atomic E-state index is 12.6. The minimum atomic E-state index is -0.806. The van der Waals surface area contributed by atoms with Crippen molar-refractivity contribution in [2.24, 2.45) is 23.7 Å². The molecule has 0 saturated heterocycles. The highest BCUT2D eigenvalue weighted by Gasteiger charge is 2.57. The molecular weight excluding hydrogens is 292 g/mol. The summed E-state index contributed by atoms with van der Waals surface area (Å²) in [5.74, 6) is 1.66. The van der Waals surface area contributed by atoms with Gasteiger partial charge >= 0.3 is 11.9 Å². The monoisotopic (exact) mass is 320 g/mol. The lowest BCUT2D eigenvalue weighted by Gasteiger charge is -2.59. The number of carbonyl (C=O) groups is 2. The number of ether oxygens (including phenoxy) is 2. The molecule has 0 aliphatic heterocycles. The standard InChI is InChI=1S/C19H28O4/c1-4-6-16(22-17(20)5-2)18(21)23-19(3)14-8-12-7-13(10-14)11-15(19)9-12/h5,12-16H,2,4,6-11H2,1,3H3. The van der Waals surface area contributed by atoms with E-state index in [0.29, 0.717) is 18.3 Å². The van der Waals surface area contributed by atoms with Crippen LogP contribution < -0.4 is 0 Å². The first-order chi connectivity index (χ1) is 11.0. The summed E-state index contributed by atoms with van der Waals surface area (Å²) in [4.78, 5) is 24.1. The molecule has 1 unspecified atom stereocenters. The lowest BCUT2D eigenvalue weighted by molar-refractivity contribution is -0.212. The van der Waals surface area contributed by atoms with Gasteiger partial charge in [-0.05, 0) is 69.1 Å². The van der Waals surface area contributed by atoms with Crippen molar-refractivity contribution in [2.75, 3.05) is 0 Å². The highest BCUT2D eigenvalue weighted by Crippen LogP contribution is 2.59. The van der Waals surface area contributed by atoms with E-state index in [2.05, 4.69) is 13.5 Å². The molecular formula is C19H28O4. The quantitative estimate of drug-likeness (QED) is 0.554. The van der Waals surface area contributed by atoms with E-state index in [1.807, 2.05) is 6.92 Å². The van der Waals surface area contributed by atoms with Crippen molar-refractivity contribution in [2.45, 2.75) is 70.5 Å². The minimum absolute atomic E-state index is 0.378. The van der Waals surface area contributed by atoms with Crippen molar-refractivity contribution in [1.82, 2.24) is 0 Å². The molecule has 0 spiro atoms. The van der Waals surface area contributed by atoms with Gasteiger partial charge in [0.2, 0.25) is 0 Å². The minimum Gasteiger partial charge on any atom is -0.456 e. The average molecular weight is 320 g/mol. The van der Waals surface area contributed by atoms with Crippen LogP contribution in [-0.4, -0.2) is 23.6 Å². The molecule has 0 aromatic carbocycles. The molecule has 0 aromatic rings. The molecule has 23 heavy (non-hydrogen) atoms. The molecule has 0 aromatic heterocycles. The van der Waals surface area contributed by atoms with Crippen LogP contribution in [-0.2, 0) is 19.1 Å². The van der Waals surface area contributed by atoms with Crippen molar-refractivity contribution >= 4 is 11.9 Å². The van der Waals surface area contributed by atoms with Gasteiger partial charge in [0, 0.05) is 6.08 Å². The Balaban J connectivity index is 1.70. The van der Waals surface area contributed by atoms with E-state index in [0.717, 1.165) is 24.3 Å². The van der Waals surface area contributed by atoms with Gasteiger partial charge in [0.15, 0.2) is 6.10 Å². The fourth-order valence-corrected chi connectivity index (χ4v) is 5.24. The van der Waals surface area contributed by atoms with Crippen LogP contribution in [0.4, 0.5) is 0 Å². The summed E-state index contributed by atoms with van der Waals surface area (Å²) in [6.07, 6.45) is 7.65. The molecule has 0 amide bonds. The topological polar surface area (TPSA) is 52.6 Å². The van der Waals surface area contributed by atoms with E-state index in [-0.39, 0.29) is 11.6 Å². The predicted molar refractivity (Wildman–Crippen MR) is 86.5 cm³/mol. The number of hydrogen-bond donors (Lipinski definition) is 0. The molecule has 4 saturated carbocycles. The molecule has 4 rings (SSSR count). The van der Waals surface area contributed by atoms with Crippen molar-refractivity contribution < 1.29 is 19.1 Å². The number of carbonyl (C=O) groups excluding carboxylic acids is 2. The number of hydrogen-bond acceptors (Lipinski definition) is 4. The lowest BCUT2D eigenvalue weighted by Crippen LogP contribution is -2.58. The summed E-state index contributed by atoms with van der Waals surface area (Å²) in [5.41, 5.74) is -0.378. The van der Waals surface area contributed by atoms with Crippen LogP contribution in [0.25, 0.3) is 0 Å². The molecule has 4 nitrogen and oxygen atoms in total. The first-order valence-corrected chi connectivity index (χ1v) is 9.02. The zero-order chi connectivity index (χ0) is 16.6. The second-order valence-electron chi connectivity index (χ2n) is 7.83. The maximum atomic E-state index is 12.6. The third kappa shape index (κ3) is 3.05. The highest BCUT2D eigenvalue weighted by atomic mass is 16.6. The summed E-state index contributed by atoms with van der Waals surface area (Å²) >= 11 is 0. The Labute approximate surface area is 138 Å². The first-order valence-electron chi connectivity index (χ1n) is 9.02. The summed E-state index contributed by atoms with van der Waals surface area (Å²) in [6, 6.07) is 0. The second kappa shape index (κ2) is 6.29. The van der Waals surface area contributed by atoms with Gasteiger partial charge in [0.25, 0.3) is 0 Å². The molecule has 4 aliphatic carbocycles. The van der Waals surface area contributed by atoms with Crippen molar-refractivity contribution in [3.63, 3.8) is 0 Å². The summed E-state index contributed by atoms with van der Waals surface area (Å²) in [7, 11) is 0. The van der Waals surface area contributed by atoms with Gasteiger partial charge < -0.3 is 9.47 Å². The zero-order valence-corrected chi connectivity index (χ0v) is 14.3. The van der Waals surface area contributed by atoms with Crippen LogP contribution >= 0.6 is 0 Å². The Hall–Kier alpha value is -1.32. The normalized spacial score (nSPS) is 38.9. The fourth-order valence-electron chi connectivity index (χ4n) is 5.24. The number of rotatable bonds is 6. The molecule has 1 atom stereocenters. The van der Waals surface area contributed by atoms with Gasteiger partial charge in [-0.15, -0.1) is 0 Å². The Morgan fingerprint density at radius 2 is 1.74 bits per heavy atom. The third-order valence-electron chi connectivity index (χ3n) is 6.32. The largest absolute Gasteiger partial charge is 0.456 e. The average Bonchev–Trinajstić information content (AvgIpc) is 2.51. The van der Waals surface area contributed by atoms with Gasteiger partial charge in [-0.25, -0.2) is 9.59 Å². The Kier molecular flexibility index (Phi) is 4.52. The van der Waals surface area contributed by atoms with E-state index in [9.17, 15) is 9.59 Å². The molecule has 0 radical (unpaired) electrons. The van der Waals surface area contributed by atoms with E-state index in [4.69, 9.17) is 9.47 Å². The van der Waals surface area contributed by atoms with Crippen LogP contribution in [0.2, 0.25) is 0 Å². The summed E-state index contributed by atoms with van der Waals surface area (Å²) in [5, 5.41) is 0. The van der Waals surface area contributed by atoms with E-state index in [1.54, 1.807) is 0 Å². The van der Waals surface area contributed by atoms with E-state index >= 15 is 0 Å². The van der Waals surface area contributed by atoms with Gasteiger partial charge in [-0.1, -0.05) is 19.9 Å². The van der Waals surface area contributed by atoms with Gasteiger partial charge in [-0.3, -0.25) is 0 Å². The fraction of sp³-hybridized carbons (Fsp3) is 0.789. The van der Waals surface area contributed by atoms with Gasteiger partial charge in [-0.2, -0.15) is 0 Å². The van der Waals surface area contributed by atoms with Gasteiger partial charge in [0.1, 0.15) is 5.60 Å². The van der Waals surface area contributed by atoms with Crippen molar-refractivity contribution in [3.05, 3.63) is 12.7 Å². The first kappa shape index (κ1) is 16.5. The molecule has 128 valence electrons. The molecule has 0 heterocycles. The predicted octanol–water partition coefficient (Wildman–Crippen LogP) is 3.64. The molecule has 4 aliphatic rings. The van der Waals surface area contributed by atoms with Crippen LogP contribution in [0.3, 0.4) is 0 Å². The third-order valence-corrected chi connectivity index (χ3v) is 6.32. The Morgan fingerprint density at radius 1 is 1.17 bits per heavy atom. The van der Waals surface area contributed by atoms with Crippen molar-refractivity contribution in [1.29, 1.82) is 0 Å². The molecule has 0 N–H and O–H groups in total. The van der Waals surface area contributed by atoms with Crippen LogP contribution in [0, 0.1) is 23.7 Å². The van der Waals surface area contributed by atoms with E-state index in [1.165, 1.54) is 32.1 Å².